The van der Waals surface area contributed by atoms with Crippen LogP contribution in [-0.4, -0.2) is 134 Å². The van der Waals surface area contributed by atoms with E-state index in [-0.39, 0.29) is 24.7 Å². The number of carbonyl (C=O) groups is 4. The highest BCUT2D eigenvalue weighted by Gasteiger charge is 2.27. The molecule has 6 aromatic rings. The summed E-state index contributed by atoms with van der Waals surface area (Å²) in [6.45, 7) is 3.59. The Morgan fingerprint density at radius 1 is 0.515 bits per heavy atom. The van der Waals surface area contributed by atoms with Gasteiger partial charge in [-0.05, 0) is 48.5 Å². The molecule has 20 nitrogen and oxygen atoms in total. The number of nitrogens with zero attached hydrogens (tertiary/aromatic N) is 8. The molecule has 8 rings (SSSR count). The van der Waals surface area contributed by atoms with E-state index in [0.29, 0.717) is 143 Å². The number of aromatic nitrogens is 4. The van der Waals surface area contributed by atoms with Crippen LogP contribution in [0.25, 0.3) is 21.8 Å². The number of fused-ring (bicyclic) bond motifs is 2. The van der Waals surface area contributed by atoms with Crippen molar-refractivity contribution in [3.63, 3.8) is 0 Å². The van der Waals surface area contributed by atoms with Gasteiger partial charge in [0.25, 0.3) is 11.8 Å². The van der Waals surface area contributed by atoms with Crippen LogP contribution in [0.5, 0.6) is 23.0 Å². The van der Waals surface area contributed by atoms with Crippen LogP contribution >= 0.6 is 0 Å². The van der Waals surface area contributed by atoms with Crippen LogP contribution in [0, 0.1) is 0 Å². The molecule has 0 radical (unpaired) electrons. The molecule has 0 saturated carbocycles. The predicted octanol–water partition coefficient (Wildman–Crippen LogP) is 4.05. The van der Waals surface area contributed by atoms with Crippen molar-refractivity contribution in [1.82, 2.24) is 29.7 Å². The molecule has 4 aromatic carbocycles. The Bertz CT molecular complexity index is 2640. The van der Waals surface area contributed by atoms with Gasteiger partial charge >= 0.3 is 0 Å². The Kier molecular flexibility index (Phi) is 13.0. The number of ether oxygens (including phenoxy) is 4. The summed E-state index contributed by atoms with van der Waals surface area (Å²) in [5.74, 6) is 2.45. The highest BCUT2D eigenvalue weighted by atomic mass is 16.5. The number of anilines is 6. The zero-order valence-corrected chi connectivity index (χ0v) is 37.0. The zero-order valence-electron chi connectivity index (χ0n) is 37.0. The molecule has 20 heteroatoms. The molecule has 0 bridgehead atoms. The van der Waals surface area contributed by atoms with E-state index in [4.69, 9.17) is 40.4 Å². The van der Waals surface area contributed by atoms with Crippen LogP contribution in [-0.2, 0) is 9.59 Å². The van der Waals surface area contributed by atoms with Crippen molar-refractivity contribution in [2.75, 3.05) is 113 Å². The highest BCUT2D eigenvalue weighted by Crippen LogP contribution is 2.36. The lowest BCUT2D eigenvalue weighted by Gasteiger charge is -2.35. The molecule has 0 spiro atoms. The number of carbonyl (C=O) groups excluding carboxylic acids is 4. The molecule has 4 heterocycles. The van der Waals surface area contributed by atoms with Crippen LogP contribution in [0.3, 0.4) is 0 Å². The van der Waals surface area contributed by atoms with Crippen LogP contribution < -0.4 is 50.8 Å². The number of amides is 4. The molecule has 2 aliphatic rings. The maximum atomic E-state index is 13.6. The van der Waals surface area contributed by atoms with E-state index in [1.165, 1.54) is 0 Å². The van der Waals surface area contributed by atoms with Crippen molar-refractivity contribution in [3.8, 4) is 23.0 Å². The summed E-state index contributed by atoms with van der Waals surface area (Å²) in [6, 6.07) is 20.4. The second-order valence-corrected chi connectivity index (χ2v) is 15.6. The molecular formula is C46H50N12O8. The maximum absolute atomic E-state index is 13.6. The number of hydrogen-bond donors (Lipinski definition) is 4. The van der Waals surface area contributed by atoms with E-state index in [9.17, 15) is 19.2 Å². The third-order valence-corrected chi connectivity index (χ3v) is 11.5. The van der Waals surface area contributed by atoms with Gasteiger partial charge in [0.15, 0.2) is 23.0 Å². The van der Waals surface area contributed by atoms with Crippen LogP contribution in [0.2, 0.25) is 0 Å². The highest BCUT2D eigenvalue weighted by molar-refractivity contribution is 6.00. The van der Waals surface area contributed by atoms with Gasteiger partial charge in [0.1, 0.15) is 11.6 Å². The second-order valence-electron chi connectivity index (χ2n) is 15.6. The molecule has 2 aliphatic heterocycles. The molecule has 2 fully saturated rings. The average Bonchev–Trinajstić information content (AvgIpc) is 3.34. The first-order valence-electron chi connectivity index (χ1n) is 21.2. The first kappa shape index (κ1) is 44.4. The Hall–Kier alpha value is -8.16. The number of nitrogens with one attached hydrogen (secondary N) is 2. The quantitative estimate of drug-likeness (QED) is 0.128. The average molecular weight is 899 g/mol. The van der Waals surface area contributed by atoms with E-state index < -0.39 is 11.8 Å². The summed E-state index contributed by atoms with van der Waals surface area (Å²) in [7, 11) is 6.19. The van der Waals surface area contributed by atoms with E-state index in [1.54, 1.807) is 111 Å². The smallest absolute Gasteiger partial charge is 0.254 e. The first-order chi connectivity index (χ1) is 31.9. The van der Waals surface area contributed by atoms with E-state index in [1.807, 2.05) is 9.80 Å². The zero-order chi connectivity index (χ0) is 46.5. The summed E-state index contributed by atoms with van der Waals surface area (Å²) in [6.07, 6.45) is -0.213. The number of benzene rings is 4. The largest absolute Gasteiger partial charge is 0.493 e. The van der Waals surface area contributed by atoms with Gasteiger partial charge in [0, 0.05) is 111 Å². The number of nitrogen functional groups attached to an aromatic ring is 2. The summed E-state index contributed by atoms with van der Waals surface area (Å²) in [5, 5.41) is 6.88. The van der Waals surface area contributed by atoms with Crippen LogP contribution in [0.4, 0.5) is 34.9 Å². The molecule has 0 atom stereocenters. The van der Waals surface area contributed by atoms with Gasteiger partial charge in [0.2, 0.25) is 23.7 Å². The molecule has 0 aliphatic carbocycles. The van der Waals surface area contributed by atoms with Crippen molar-refractivity contribution >= 4 is 80.3 Å². The Morgan fingerprint density at radius 3 is 1.24 bits per heavy atom. The van der Waals surface area contributed by atoms with Crippen LogP contribution in [0.15, 0.2) is 72.8 Å². The predicted molar refractivity (Wildman–Crippen MR) is 250 cm³/mol. The van der Waals surface area contributed by atoms with Gasteiger partial charge in [-0.3, -0.25) is 19.2 Å². The fourth-order valence-corrected chi connectivity index (χ4v) is 7.93. The summed E-state index contributed by atoms with van der Waals surface area (Å²) in [5.41, 5.74) is 15.5. The van der Waals surface area contributed by atoms with Crippen LogP contribution in [0.1, 0.15) is 33.6 Å². The van der Waals surface area contributed by atoms with E-state index in [2.05, 4.69) is 20.6 Å². The number of rotatable bonds is 13. The fourth-order valence-electron chi connectivity index (χ4n) is 7.93. The van der Waals surface area contributed by atoms with Gasteiger partial charge in [-0.2, -0.15) is 9.97 Å². The molecule has 342 valence electrons. The molecule has 2 saturated heterocycles. The lowest BCUT2D eigenvalue weighted by molar-refractivity contribution is -0.121. The number of methoxy groups -OCH3 is 4. The van der Waals surface area contributed by atoms with Crippen molar-refractivity contribution < 1.29 is 38.1 Å². The normalized spacial score (nSPS) is 13.9. The molecule has 0 unspecified atom stereocenters. The van der Waals surface area contributed by atoms with Gasteiger partial charge in [-0.15, -0.1) is 0 Å². The molecule has 6 N–H and O–H groups in total. The minimum absolute atomic E-state index is 0.106. The Labute approximate surface area is 379 Å². The first-order valence-corrected chi connectivity index (χ1v) is 21.2. The van der Waals surface area contributed by atoms with E-state index >= 15 is 0 Å². The van der Waals surface area contributed by atoms with Crippen molar-refractivity contribution in [2.24, 2.45) is 0 Å². The number of nitrogens with two attached hydrogens (primary N) is 2. The van der Waals surface area contributed by atoms with Gasteiger partial charge in [0.05, 0.1) is 39.5 Å². The van der Waals surface area contributed by atoms with Gasteiger partial charge in [-0.25, -0.2) is 9.97 Å². The molecular weight excluding hydrogens is 849 g/mol. The Balaban J connectivity index is 0.796. The number of piperazine rings is 2. The second kappa shape index (κ2) is 19.3. The minimum atomic E-state index is -0.395. The molecule has 66 heavy (non-hydrogen) atoms. The minimum Gasteiger partial charge on any atom is -0.493 e. The van der Waals surface area contributed by atoms with E-state index in [0.717, 1.165) is 0 Å². The maximum Gasteiger partial charge on any atom is 0.254 e. The third-order valence-electron chi connectivity index (χ3n) is 11.5. The fraction of sp³-hybridized carbons (Fsp3) is 0.304. The SMILES string of the molecule is COc1cc2nc(N3CCN(C(=O)c4cccc(NC(=O)CCC(=O)Nc5cccc(C(=O)N6CCN(c7nc(N)c8cc(OC)c(OC)cc8n7)CC6)c5)c4)CC3)nc(N)c2cc1OC. The monoisotopic (exact) mass is 898 g/mol. The Morgan fingerprint density at radius 2 is 0.879 bits per heavy atom. The van der Waals surface area contributed by atoms with Gasteiger partial charge in [-0.1, -0.05) is 12.1 Å². The summed E-state index contributed by atoms with van der Waals surface area (Å²) in [4.78, 5) is 78.9. The molecule has 4 amide bonds. The third kappa shape index (κ3) is 9.52. The standard InChI is InChI=1S/C46H50N12O8/c1-63-35-23-31-33(25-37(35)65-3)51-45(53-41(31)47)57-17-13-55(14-18-57)43(61)27-7-5-9-29(21-27)49-39(59)11-12-40(60)50-30-10-6-8-28(22-30)44(62)56-15-19-58(20-16-56)46-52-34-26-38(66-4)36(64-2)24-32(34)42(48)54-46/h5-10,21-26H,11-20H2,1-4H3,(H,49,59)(H,50,60)(H2,47,51,53)(H2,48,52,54). The van der Waals surface area contributed by atoms with Gasteiger partial charge < -0.3 is 60.6 Å². The van der Waals surface area contributed by atoms with Crippen molar-refractivity contribution in [2.45, 2.75) is 12.8 Å². The number of hydrogen-bond acceptors (Lipinski definition) is 16. The van der Waals surface area contributed by atoms with Crippen molar-refractivity contribution in [3.05, 3.63) is 83.9 Å². The molecule has 2 aromatic heterocycles. The summed E-state index contributed by atoms with van der Waals surface area (Å²) >= 11 is 0. The lowest BCUT2D eigenvalue weighted by atomic mass is 10.1. The summed E-state index contributed by atoms with van der Waals surface area (Å²) < 4.78 is 21.6. The lowest BCUT2D eigenvalue weighted by Crippen LogP contribution is -2.49. The topological polar surface area (TPSA) is 246 Å². The van der Waals surface area contributed by atoms with Crippen molar-refractivity contribution in [1.29, 1.82) is 0 Å².